The largest absolute Gasteiger partial charge is 0.396 e. The molecule has 0 amide bonds. The van der Waals surface area contributed by atoms with E-state index in [0.29, 0.717) is 6.04 Å². The first-order chi connectivity index (χ1) is 7.53. The van der Waals surface area contributed by atoms with Crippen molar-refractivity contribution in [1.29, 1.82) is 0 Å². The first-order valence-corrected chi connectivity index (χ1v) is 6.45. The van der Waals surface area contributed by atoms with E-state index in [9.17, 15) is 5.11 Å². The molecule has 16 heavy (non-hydrogen) atoms. The Balaban J connectivity index is 2.17. The van der Waals surface area contributed by atoms with Gasteiger partial charge in [-0.3, -0.25) is 0 Å². The molecule has 3 nitrogen and oxygen atoms in total. The lowest BCUT2D eigenvalue weighted by atomic mass is 9.91. The van der Waals surface area contributed by atoms with Crippen molar-refractivity contribution in [2.45, 2.75) is 46.1 Å². The van der Waals surface area contributed by atoms with E-state index in [1.54, 1.807) is 0 Å². The third-order valence-corrected chi connectivity index (χ3v) is 3.38. The summed E-state index contributed by atoms with van der Waals surface area (Å²) in [6.45, 7) is 9.39. The summed E-state index contributed by atoms with van der Waals surface area (Å²) < 4.78 is 5.36. The molecule has 3 heteroatoms. The molecule has 0 saturated carbocycles. The van der Waals surface area contributed by atoms with E-state index in [1.807, 2.05) is 0 Å². The van der Waals surface area contributed by atoms with Gasteiger partial charge >= 0.3 is 0 Å². The van der Waals surface area contributed by atoms with Gasteiger partial charge in [-0.15, -0.1) is 0 Å². The van der Waals surface area contributed by atoms with Gasteiger partial charge in [0.05, 0.1) is 0 Å². The Labute approximate surface area is 99.6 Å². The fourth-order valence-corrected chi connectivity index (χ4v) is 2.07. The van der Waals surface area contributed by atoms with E-state index in [1.165, 1.54) is 19.3 Å². The summed E-state index contributed by atoms with van der Waals surface area (Å²) in [5.74, 6) is 0.813. The van der Waals surface area contributed by atoms with Gasteiger partial charge in [-0.05, 0) is 32.1 Å². The molecule has 0 spiro atoms. The fourth-order valence-electron chi connectivity index (χ4n) is 2.07. The van der Waals surface area contributed by atoms with Crippen molar-refractivity contribution < 1.29 is 9.84 Å². The Hall–Kier alpha value is -0.120. The van der Waals surface area contributed by atoms with Crippen LogP contribution in [0.3, 0.4) is 0 Å². The quantitative estimate of drug-likeness (QED) is 0.730. The van der Waals surface area contributed by atoms with Crippen LogP contribution >= 0.6 is 0 Å². The van der Waals surface area contributed by atoms with E-state index >= 15 is 0 Å². The molecule has 96 valence electrons. The predicted octanol–water partition coefficient (Wildman–Crippen LogP) is 1.80. The van der Waals surface area contributed by atoms with Crippen molar-refractivity contribution in [1.82, 2.24) is 5.32 Å². The molecule has 2 N–H and O–H groups in total. The number of hydrogen-bond acceptors (Lipinski definition) is 3. The first kappa shape index (κ1) is 13.9. The van der Waals surface area contributed by atoms with Crippen LogP contribution in [0, 0.1) is 11.3 Å². The summed E-state index contributed by atoms with van der Waals surface area (Å²) in [7, 11) is 0. The number of nitrogens with one attached hydrogen (secondary N) is 1. The van der Waals surface area contributed by atoms with Crippen LogP contribution in [0.5, 0.6) is 0 Å². The number of hydrogen-bond donors (Lipinski definition) is 2. The van der Waals surface area contributed by atoms with Crippen LogP contribution in [0.25, 0.3) is 0 Å². The molecule has 1 aliphatic heterocycles. The van der Waals surface area contributed by atoms with Gasteiger partial charge in [0.25, 0.3) is 0 Å². The van der Waals surface area contributed by atoms with Crippen molar-refractivity contribution in [2.24, 2.45) is 11.3 Å². The molecule has 0 bridgehead atoms. The molecule has 1 aliphatic rings. The minimum atomic E-state index is -0.00998. The molecule has 0 aromatic carbocycles. The zero-order valence-corrected chi connectivity index (χ0v) is 11.0. The number of ether oxygens (including phenoxy) is 1. The lowest BCUT2D eigenvalue weighted by molar-refractivity contribution is 0.0603. The van der Waals surface area contributed by atoms with Crippen LogP contribution in [0.15, 0.2) is 0 Å². The third-order valence-electron chi connectivity index (χ3n) is 3.38. The zero-order valence-electron chi connectivity index (χ0n) is 11.0. The average Bonchev–Trinajstić information content (AvgIpc) is 2.28. The summed E-state index contributed by atoms with van der Waals surface area (Å²) in [6, 6.07) is 0.536. The average molecular weight is 229 g/mol. The van der Waals surface area contributed by atoms with Gasteiger partial charge in [-0.1, -0.05) is 13.8 Å². The molecule has 0 aromatic heterocycles. The highest BCUT2D eigenvalue weighted by atomic mass is 16.5. The van der Waals surface area contributed by atoms with E-state index < -0.39 is 0 Å². The highest BCUT2D eigenvalue weighted by Gasteiger charge is 2.20. The summed E-state index contributed by atoms with van der Waals surface area (Å²) in [5, 5.41) is 12.7. The van der Waals surface area contributed by atoms with E-state index in [4.69, 9.17) is 4.74 Å². The molecule has 1 saturated heterocycles. The van der Waals surface area contributed by atoms with Crippen LogP contribution in [0.2, 0.25) is 0 Å². The highest BCUT2D eigenvalue weighted by Crippen LogP contribution is 2.20. The van der Waals surface area contributed by atoms with Crippen molar-refractivity contribution >= 4 is 0 Å². The minimum absolute atomic E-state index is 0.00998. The summed E-state index contributed by atoms with van der Waals surface area (Å²) >= 11 is 0. The molecule has 0 aliphatic carbocycles. The molecular formula is C13H27NO2. The standard InChI is InChI=1S/C13H27NO2/c1-11(14-9-13(2,3)10-15)8-12-4-6-16-7-5-12/h11-12,14-15H,4-10H2,1-3H3. The topological polar surface area (TPSA) is 41.5 Å². The van der Waals surface area contributed by atoms with Gasteiger partial charge < -0.3 is 15.2 Å². The van der Waals surface area contributed by atoms with Crippen LogP contribution in [-0.2, 0) is 4.74 Å². The van der Waals surface area contributed by atoms with Crippen molar-refractivity contribution in [3.05, 3.63) is 0 Å². The predicted molar refractivity (Wildman–Crippen MR) is 66.5 cm³/mol. The second-order valence-corrected chi connectivity index (χ2v) is 5.90. The Kier molecular flexibility index (Phi) is 5.73. The summed E-state index contributed by atoms with van der Waals surface area (Å²) in [4.78, 5) is 0. The van der Waals surface area contributed by atoms with Crippen molar-refractivity contribution in [3.63, 3.8) is 0 Å². The molecule has 1 fully saturated rings. The smallest absolute Gasteiger partial charge is 0.0494 e. The molecular weight excluding hydrogens is 202 g/mol. The summed E-state index contributed by atoms with van der Waals surface area (Å²) in [6.07, 6.45) is 3.63. The number of aliphatic hydroxyl groups is 1. The second-order valence-electron chi connectivity index (χ2n) is 5.90. The Morgan fingerprint density at radius 2 is 2.00 bits per heavy atom. The Morgan fingerprint density at radius 3 is 2.56 bits per heavy atom. The van der Waals surface area contributed by atoms with Crippen LogP contribution in [-0.4, -0.2) is 37.5 Å². The highest BCUT2D eigenvalue weighted by molar-refractivity contribution is 4.75. The Bertz CT molecular complexity index is 188. The van der Waals surface area contributed by atoms with Gasteiger partial charge in [0.1, 0.15) is 0 Å². The van der Waals surface area contributed by atoms with Gasteiger partial charge in [-0.2, -0.15) is 0 Å². The van der Waals surface area contributed by atoms with E-state index in [2.05, 4.69) is 26.1 Å². The molecule has 1 atom stereocenters. The number of aliphatic hydroxyl groups excluding tert-OH is 1. The first-order valence-electron chi connectivity index (χ1n) is 6.45. The minimum Gasteiger partial charge on any atom is -0.396 e. The van der Waals surface area contributed by atoms with Gasteiger partial charge in [0, 0.05) is 37.8 Å². The van der Waals surface area contributed by atoms with Gasteiger partial charge in [0.2, 0.25) is 0 Å². The van der Waals surface area contributed by atoms with E-state index in [-0.39, 0.29) is 12.0 Å². The summed E-state index contributed by atoms with van der Waals surface area (Å²) in [5.41, 5.74) is -0.00998. The van der Waals surface area contributed by atoms with Crippen LogP contribution < -0.4 is 5.32 Å². The normalized spacial score (nSPS) is 21.0. The molecule has 0 radical (unpaired) electrons. The van der Waals surface area contributed by atoms with Crippen molar-refractivity contribution in [2.75, 3.05) is 26.4 Å². The molecule has 1 heterocycles. The SMILES string of the molecule is CC(CC1CCOCC1)NCC(C)(C)CO. The maximum atomic E-state index is 9.17. The van der Waals surface area contributed by atoms with Gasteiger partial charge in [-0.25, -0.2) is 0 Å². The molecule has 1 unspecified atom stereocenters. The van der Waals surface area contributed by atoms with Crippen molar-refractivity contribution in [3.8, 4) is 0 Å². The zero-order chi connectivity index (χ0) is 12.0. The van der Waals surface area contributed by atoms with Crippen LogP contribution in [0.4, 0.5) is 0 Å². The lowest BCUT2D eigenvalue weighted by Gasteiger charge is -2.28. The monoisotopic (exact) mass is 229 g/mol. The molecule has 0 aromatic rings. The maximum Gasteiger partial charge on any atom is 0.0494 e. The Morgan fingerprint density at radius 1 is 1.38 bits per heavy atom. The van der Waals surface area contributed by atoms with Gasteiger partial charge in [0.15, 0.2) is 0 Å². The third kappa shape index (κ3) is 5.28. The number of rotatable bonds is 6. The lowest BCUT2D eigenvalue weighted by Crippen LogP contribution is -2.38. The molecule has 1 rings (SSSR count). The fraction of sp³-hybridized carbons (Fsp3) is 1.00. The maximum absolute atomic E-state index is 9.17. The van der Waals surface area contributed by atoms with E-state index in [0.717, 1.165) is 25.7 Å². The van der Waals surface area contributed by atoms with Crippen LogP contribution in [0.1, 0.15) is 40.0 Å². The second kappa shape index (κ2) is 6.58.